The van der Waals surface area contributed by atoms with Crippen LogP contribution >= 0.6 is 0 Å². The van der Waals surface area contributed by atoms with Crippen LogP contribution in [0.25, 0.3) is 4.85 Å². The predicted molar refractivity (Wildman–Crippen MR) is 61.3 cm³/mol. The third-order valence-corrected chi connectivity index (χ3v) is 2.36. The van der Waals surface area contributed by atoms with Crippen LogP contribution in [-0.4, -0.2) is 0 Å². The molecule has 1 nitrogen and oxygen atoms in total. The zero-order valence-corrected chi connectivity index (χ0v) is 8.30. The molecule has 0 aliphatic carbocycles. The third-order valence-electron chi connectivity index (χ3n) is 2.36. The van der Waals surface area contributed by atoms with Crippen molar-refractivity contribution in [1.29, 1.82) is 0 Å². The van der Waals surface area contributed by atoms with Crippen molar-refractivity contribution in [2.24, 2.45) is 0 Å². The molecule has 0 fully saturated rings. The fourth-order valence-corrected chi connectivity index (χ4v) is 1.61. The van der Waals surface area contributed by atoms with Gasteiger partial charge in [-0.2, -0.15) is 0 Å². The Bertz CT molecular complexity index is 414. The van der Waals surface area contributed by atoms with E-state index < -0.39 is 0 Å². The van der Waals surface area contributed by atoms with Crippen molar-refractivity contribution in [2.45, 2.75) is 6.04 Å². The molecule has 0 N–H and O–H groups in total. The van der Waals surface area contributed by atoms with Gasteiger partial charge in [0.15, 0.2) is 0 Å². The molecule has 15 heavy (non-hydrogen) atoms. The van der Waals surface area contributed by atoms with Gasteiger partial charge >= 0.3 is 0 Å². The van der Waals surface area contributed by atoms with Gasteiger partial charge in [0.2, 0.25) is 0 Å². The third kappa shape index (κ3) is 2.05. The minimum atomic E-state index is -0.174. The molecule has 0 heterocycles. The topological polar surface area (TPSA) is 4.36 Å². The average Bonchev–Trinajstić information content (AvgIpc) is 2.33. The summed E-state index contributed by atoms with van der Waals surface area (Å²) in [5.41, 5.74) is 2.11. The Morgan fingerprint density at radius 1 is 0.733 bits per heavy atom. The van der Waals surface area contributed by atoms with Gasteiger partial charge in [-0.05, 0) is 0 Å². The van der Waals surface area contributed by atoms with Gasteiger partial charge in [-0.3, -0.25) is 0 Å². The van der Waals surface area contributed by atoms with Crippen molar-refractivity contribution in [3.63, 3.8) is 0 Å². The molecule has 0 radical (unpaired) electrons. The van der Waals surface area contributed by atoms with Crippen molar-refractivity contribution in [1.82, 2.24) is 0 Å². The quantitative estimate of drug-likeness (QED) is 0.640. The van der Waals surface area contributed by atoms with Crippen LogP contribution in [0.1, 0.15) is 17.2 Å². The van der Waals surface area contributed by atoms with E-state index in [1.165, 1.54) is 0 Å². The van der Waals surface area contributed by atoms with E-state index in [0.717, 1.165) is 11.1 Å². The molecular formula is C14H11N. The molecule has 1 heteroatoms. The molecule has 72 valence electrons. The lowest BCUT2D eigenvalue weighted by molar-refractivity contribution is 1.02. The van der Waals surface area contributed by atoms with E-state index in [1.807, 2.05) is 60.7 Å². The summed E-state index contributed by atoms with van der Waals surface area (Å²) in [5, 5.41) is 0. The Hall–Kier alpha value is -2.07. The van der Waals surface area contributed by atoms with E-state index in [1.54, 1.807) is 0 Å². The molecule has 0 aliphatic heterocycles. The second-order valence-electron chi connectivity index (χ2n) is 3.35. The summed E-state index contributed by atoms with van der Waals surface area (Å²) in [6.45, 7) is 7.26. The van der Waals surface area contributed by atoms with E-state index in [0.29, 0.717) is 0 Å². The summed E-state index contributed by atoms with van der Waals surface area (Å²) in [7, 11) is 0. The van der Waals surface area contributed by atoms with Crippen LogP contribution in [0.15, 0.2) is 60.7 Å². The second-order valence-corrected chi connectivity index (χ2v) is 3.35. The van der Waals surface area contributed by atoms with Crippen molar-refractivity contribution in [3.8, 4) is 0 Å². The number of benzene rings is 2. The lowest BCUT2D eigenvalue weighted by Gasteiger charge is -2.05. The summed E-state index contributed by atoms with van der Waals surface area (Å²) in [6, 6.07) is 19.6. The van der Waals surface area contributed by atoms with E-state index in [4.69, 9.17) is 6.57 Å². The van der Waals surface area contributed by atoms with Crippen LogP contribution < -0.4 is 0 Å². The molecule has 0 amide bonds. The van der Waals surface area contributed by atoms with Crippen LogP contribution in [0.3, 0.4) is 0 Å². The van der Waals surface area contributed by atoms with E-state index in [9.17, 15) is 0 Å². The highest BCUT2D eigenvalue weighted by atomic mass is 14.7. The van der Waals surface area contributed by atoms with Gasteiger partial charge in [0.1, 0.15) is 0 Å². The highest BCUT2D eigenvalue weighted by Crippen LogP contribution is 2.25. The maximum absolute atomic E-state index is 7.26. The van der Waals surface area contributed by atoms with Gasteiger partial charge in [-0.15, -0.1) is 0 Å². The van der Waals surface area contributed by atoms with Crippen molar-refractivity contribution in [2.75, 3.05) is 0 Å². The van der Waals surface area contributed by atoms with Gasteiger partial charge in [0, 0.05) is 11.1 Å². The molecule has 0 unspecified atom stereocenters. The molecule has 0 atom stereocenters. The van der Waals surface area contributed by atoms with Gasteiger partial charge < -0.3 is 4.85 Å². The first kappa shape index (κ1) is 9.48. The van der Waals surface area contributed by atoms with Gasteiger partial charge in [0.05, 0.1) is 0 Å². The zero-order valence-electron chi connectivity index (χ0n) is 8.30. The molecule has 0 spiro atoms. The van der Waals surface area contributed by atoms with Crippen LogP contribution in [0.2, 0.25) is 0 Å². The van der Waals surface area contributed by atoms with Crippen LogP contribution in [0.4, 0.5) is 0 Å². The predicted octanol–water partition coefficient (Wildman–Crippen LogP) is 3.70. The standard InChI is InChI=1S/C14H11N/c1-15-14(12-8-4-2-5-9-12)13-10-6-3-7-11-13/h2-11,14H. The molecule has 0 saturated carbocycles. The minimum Gasteiger partial charge on any atom is -0.303 e. The SMILES string of the molecule is [C-]#[N+]C(c1ccccc1)c1ccccc1. The van der Waals surface area contributed by atoms with Crippen molar-refractivity contribution < 1.29 is 0 Å². The molecule has 2 rings (SSSR count). The largest absolute Gasteiger partial charge is 0.303 e. The molecule has 2 aromatic carbocycles. The second kappa shape index (κ2) is 4.43. The summed E-state index contributed by atoms with van der Waals surface area (Å²) in [6.07, 6.45) is 0. The molecular weight excluding hydrogens is 182 g/mol. The average molecular weight is 193 g/mol. The number of rotatable bonds is 2. The lowest BCUT2D eigenvalue weighted by atomic mass is 10.00. The number of hydrogen-bond donors (Lipinski definition) is 0. The highest BCUT2D eigenvalue weighted by Gasteiger charge is 2.16. The van der Waals surface area contributed by atoms with Crippen molar-refractivity contribution >= 4 is 0 Å². The first-order chi connectivity index (χ1) is 7.42. The number of nitrogens with zero attached hydrogens (tertiary/aromatic N) is 1. The summed E-state index contributed by atoms with van der Waals surface area (Å²) >= 11 is 0. The zero-order chi connectivity index (χ0) is 10.5. The van der Waals surface area contributed by atoms with Gasteiger partial charge in [-0.25, -0.2) is 6.57 Å². The minimum absolute atomic E-state index is 0.174. The smallest absolute Gasteiger partial charge is 0.273 e. The number of hydrogen-bond acceptors (Lipinski definition) is 0. The summed E-state index contributed by atoms with van der Waals surface area (Å²) in [4.78, 5) is 3.68. The van der Waals surface area contributed by atoms with E-state index in [2.05, 4.69) is 4.85 Å². The fourth-order valence-electron chi connectivity index (χ4n) is 1.61. The monoisotopic (exact) mass is 193 g/mol. The first-order valence-electron chi connectivity index (χ1n) is 4.88. The maximum atomic E-state index is 7.26. The van der Waals surface area contributed by atoms with Crippen molar-refractivity contribution in [3.05, 3.63) is 83.2 Å². The molecule has 0 aromatic heterocycles. The van der Waals surface area contributed by atoms with Gasteiger partial charge in [0.25, 0.3) is 6.04 Å². The molecule has 0 aliphatic rings. The highest BCUT2D eigenvalue weighted by molar-refractivity contribution is 5.34. The Kier molecular flexibility index (Phi) is 2.80. The van der Waals surface area contributed by atoms with E-state index >= 15 is 0 Å². The Morgan fingerprint density at radius 3 is 1.47 bits per heavy atom. The molecule has 0 bridgehead atoms. The Morgan fingerprint density at radius 2 is 1.13 bits per heavy atom. The Balaban J connectivity index is 2.39. The van der Waals surface area contributed by atoms with E-state index in [-0.39, 0.29) is 6.04 Å². The summed E-state index contributed by atoms with van der Waals surface area (Å²) < 4.78 is 0. The van der Waals surface area contributed by atoms with Crippen LogP contribution in [-0.2, 0) is 0 Å². The van der Waals surface area contributed by atoms with Gasteiger partial charge in [-0.1, -0.05) is 60.7 Å². The maximum Gasteiger partial charge on any atom is 0.273 e. The van der Waals surface area contributed by atoms with Crippen LogP contribution in [0.5, 0.6) is 0 Å². The summed E-state index contributed by atoms with van der Waals surface area (Å²) in [5.74, 6) is 0. The normalized spacial score (nSPS) is 9.87. The Labute approximate surface area is 89.8 Å². The molecule has 2 aromatic rings. The fraction of sp³-hybridized carbons (Fsp3) is 0.0714. The van der Waals surface area contributed by atoms with Crippen LogP contribution in [0, 0.1) is 6.57 Å². The molecule has 0 saturated heterocycles. The lowest BCUT2D eigenvalue weighted by Crippen LogP contribution is -1.94. The first-order valence-corrected chi connectivity index (χ1v) is 4.88.